The summed E-state index contributed by atoms with van der Waals surface area (Å²) in [5.41, 5.74) is 0.707. The van der Waals surface area contributed by atoms with Gasteiger partial charge in [-0.1, -0.05) is 12.5 Å². The molecule has 1 aliphatic carbocycles. The van der Waals surface area contributed by atoms with Gasteiger partial charge in [0.2, 0.25) is 0 Å². The van der Waals surface area contributed by atoms with Crippen LogP contribution in [0.5, 0.6) is 11.6 Å². The Morgan fingerprint density at radius 3 is 2.54 bits per heavy atom. The van der Waals surface area contributed by atoms with Gasteiger partial charge in [-0.15, -0.1) is 0 Å². The Balaban J connectivity index is 1.01. The fraction of sp³-hybridized carbons (Fsp3) is 0.704. The molecular weight excluding hydrogens is 448 g/mol. The molecule has 0 N–H and O–H groups in total. The molecule has 0 atom stereocenters. The minimum absolute atomic E-state index is 0.0201. The summed E-state index contributed by atoms with van der Waals surface area (Å²) < 4.78 is 28.5. The van der Waals surface area contributed by atoms with Crippen molar-refractivity contribution in [1.29, 1.82) is 0 Å². The lowest BCUT2D eigenvalue weighted by Crippen LogP contribution is -2.36. The molecule has 2 aromatic rings. The molecule has 0 bridgehead atoms. The van der Waals surface area contributed by atoms with Gasteiger partial charge in [-0.3, -0.25) is 4.79 Å². The van der Waals surface area contributed by atoms with E-state index in [-0.39, 0.29) is 11.9 Å². The summed E-state index contributed by atoms with van der Waals surface area (Å²) in [6.07, 6.45) is 8.44. The number of fused-ring (bicyclic) bond motifs is 1. The lowest BCUT2D eigenvalue weighted by Gasteiger charge is -2.31. The summed E-state index contributed by atoms with van der Waals surface area (Å²) in [5, 5.41) is 5.03. The molecule has 0 spiro atoms. The number of hydrogen-bond donors (Lipinski definition) is 0. The lowest BCUT2D eigenvalue weighted by molar-refractivity contribution is -0.151. The molecule has 35 heavy (non-hydrogen) atoms. The number of hydrogen-bond acceptors (Lipinski definition) is 8. The van der Waals surface area contributed by atoms with Crippen LogP contribution in [-0.4, -0.2) is 68.7 Å². The van der Waals surface area contributed by atoms with Crippen molar-refractivity contribution in [2.24, 2.45) is 17.8 Å². The summed E-state index contributed by atoms with van der Waals surface area (Å²) in [7, 11) is 0. The maximum atomic E-state index is 12.1. The van der Waals surface area contributed by atoms with Crippen molar-refractivity contribution < 1.29 is 28.3 Å². The van der Waals surface area contributed by atoms with Gasteiger partial charge < -0.3 is 28.4 Å². The SMILES string of the molecule is O=C(OCCCN1CCC(COc2noc3cccc(OCC4CCC4)c23)CC1)C1CCOCC1. The van der Waals surface area contributed by atoms with Crippen molar-refractivity contribution in [3.8, 4) is 11.6 Å². The number of ether oxygens (including phenoxy) is 4. The zero-order chi connectivity index (χ0) is 23.9. The van der Waals surface area contributed by atoms with Crippen molar-refractivity contribution in [2.45, 2.75) is 51.4 Å². The highest BCUT2D eigenvalue weighted by Crippen LogP contribution is 2.36. The van der Waals surface area contributed by atoms with Gasteiger partial charge in [0.15, 0.2) is 5.58 Å². The summed E-state index contributed by atoms with van der Waals surface area (Å²) in [6, 6.07) is 5.82. The molecule has 5 rings (SSSR count). The standard InChI is InChI=1S/C27H38N2O6/c30-27(22-10-16-31-17-11-22)32-15-3-12-29-13-8-21(9-14-29)19-34-26-25-23(33-18-20-4-1-5-20)6-2-7-24(25)35-28-26/h2,6-7,20-22H,1,3-5,8-19H2. The Morgan fingerprint density at radius 1 is 1.00 bits per heavy atom. The minimum atomic E-state index is -0.0545. The Bertz CT molecular complexity index is 944. The van der Waals surface area contributed by atoms with E-state index in [1.165, 1.54) is 19.3 Å². The number of carbonyl (C=O) groups excluding carboxylic acids is 1. The van der Waals surface area contributed by atoms with E-state index in [9.17, 15) is 4.79 Å². The van der Waals surface area contributed by atoms with Crippen LogP contribution in [-0.2, 0) is 14.3 Å². The first kappa shape index (κ1) is 24.4. The van der Waals surface area contributed by atoms with Crippen molar-refractivity contribution in [2.75, 3.05) is 52.7 Å². The molecule has 1 saturated carbocycles. The predicted molar refractivity (Wildman–Crippen MR) is 131 cm³/mol. The number of esters is 1. The fourth-order valence-electron chi connectivity index (χ4n) is 5.11. The smallest absolute Gasteiger partial charge is 0.309 e. The molecule has 3 heterocycles. The number of likely N-dealkylation sites (tertiary alicyclic amines) is 1. The summed E-state index contributed by atoms with van der Waals surface area (Å²) >= 11 is 0. The topological polar surface area (TPSA) is 83.3 Å². The van der Waals surface area contributed by atoms with Gasteiger partial charge in [-0.2, -0.15) is 0 Å². The van der Waals surface area contributed by atoms with Crippen LogP contribution in [0.2, 0.25) is 0 Å². The van der Waals surface area contributed by atoms with Gasteiger partial charge in [0.1, 0.15) is 11.1 Å². The van der Waals surface area contributed by atoms with Gasteiger partial charge in [0.25, 0.3) is 5.88 Å². The Kier molecular flexibility index (Phi) is 8.42. The molecule has 1 aromatic heterocycles. The molecule has 2 aliphatic heterocycles. The van der Waals surface area contributed by atoms with E-state index in [1.54, 1.807) is 0 Å². The summed E-state index contributed by atoms with van der Waals surface area (Å²) in [5.74, 6) is 2.47. The molecule has 8 nitrogen and oxygen atoms in total. The van der Waals surface area contributed by atoms with Crippen LogP contribution >= 0.6 is 0 Å². The maximum Gasteiger partial charge on any atom is 0.309 e. The van der Waals surface area contributed by atoms with E-state index in [0.717, 1.165) is 69.5 Å². The second kappa shape index (κ2) is 12.1. The highest BCUT2D eigenvalue weighted by Gasteiger charge is 2.24. The third kappa shape index (κ3) is 6.47. The Morgan fingerprint density at radius 2 is 1.77 bits per heavy atom. The number of rotatable bonds is 11. The van der Waals surface area contributed by atoms with Crippen LogP contribution in [0, 0.1) is 17.8 Å². The number of piperidine rings is 1. The second-order valence-corrected chi connectivity index (χ2v) is 10.2. The van der Waals surface area contributed by atoms with Crippen molar-refractivity contribution in [1.82, 2.24) is 10.1 Å². The third-order valence-electron chi connectivity index (χ3n) is 7.71. The third-order valence-corrected chi connectivity index (χ3v) is 7.71. The number of benzene rings is 1. The Hall–Kier alpha value is -2.32. The molecule has 3 fully saturated rings. The molecule has 8 heteroatoms. The largest absolute Gasteiger partial charge is 0.492 e. The van der Waals surface area contributed by atoms with Crippen molar-refractivity contribution in [3.63, 3.8) is 0 Å². The predicted octanol–water partition coefficient (Wildman–Crippen LogP) is 4.46. The molecule has 0 unspecified atom stereocenters. The fourth-order valence-corrected chi connectivity index (χ4v) is 5.11. The molecular formula is C27H38N2O6. The van der Waals surface area contributed by atoms with Crippen LogP contribution in [0.4, 0.5) is 0 Å². The summed E-state index contributed by atoms with van der Waals surface area (Å²) in [4.78, 5) is 14.6. The zero-order valence-electron chi connectivity index (χ0n) is 20.6. The van der Waals surface area contributed by atoms with Gasteiger partial charge in [0.05, 0.1) is 25.7 Å². The maximum absolute atomic E-state index is 12.1. The van der Waals surface area contributed by atoms with Crippen LogP contribution in [0.15, 0.2) is 22.7 Å². The van der Waals surface area contributed by atoms with Crippen LogP contribution in [0.3, 0.4) is 0 Å². The van der Waals surface area contributed by atoms with E-state index >= 15 is 0 Å². The molecule has 0 amide bonds. The second-order valence-electron chi connectivity index (χ2n) is 10.2. The van der Waals surface area contributed by atoms with Crippen LogP contribution in [0.25, 0.3) is 11.0 Å². The average molecular weight is 487 g/mol. The monoisotopic (exact) mass is 486 g/mol. The number of nitrogens with zero attached hydrogens (tertiary/aromatic N) is 2. The number of carbonyl (C=O) groups is 1. The minimum Gasteiger partial charge on any atom is -0.492 e. The van der Waals surface area contributed by atoms with E-state index < -0.39 is 0 Å². The zero-order valence-corrected chi connectivity index (χ0v) is 20.6. The molecule has 0 radical (unpaired) electrons. The van der Waals surface area contributed by atoms with Gasteiger partial charge in [-0.25, -0.2) is 0 Å². The molecule has 3 aliphatic rings. The van der Waals surface area contributed by atoms with Crippen LogP contribution in [0.1, 0.15) is 51.4 Å². The quantitative estimate of drug-likeness (QED) is 0.340. The first-order valence-electron chi connectivity index (χ1n) is 13.4. The average Bonchev–Trinajstić information content (AvgIpc) is 3.29. The normalized spacial score (nSPS) is 20.6. The van der Waals surface area contributed by atoms with Gasteiger partial charge >= 0.3 is 5.97 Å². The van der Waals surface area contributed by atoms with Crippen molar-refractivity contribution in [3.05, 3.63) is 18.2 Å². The van der Waals surface area contributed by atoms with E-state index in [1.807, 2.05) is 18.2 Å². The Labute approximate surface area is 207 Å². The molecule has 2 saturated heterocycles. The van der Waals surface area contributed by atoms with Gasteiger partial charge in [0, 0.05) is 19.8 Å². The lowest BCUT2D eigenvalue weighted by atomic mass is 9.86. The molecule has 192 valence electrons. The molecule has 1 aromatic carbocycles. The van der Waals surface area contributed by atoms with E-state index in [4.69, 9.17) is 23.5 Å². The summed E-state index contributed by atoms with van der Waals surface area (Å²) in [6.45, 7) is 6.26. The van der Waals surface area contributed by atoms with Gasteiger partial charge in [-0.05, 0) is 87.2 Å². The highest BCUT2D eigenvalue weighted by molar-refractivity contribution is 5.88. The van der Waals surface area contributed by atoms with E-state index in [0.29, 0.717) is 49.7 Å². The number of aromatic nitrogens is 1. The van der Waals surface area contributed by atoms with Crippen LogP contribution < -0.4 is 9.47 Å². The first-order chi connectivity index (χ1) is 17.3. The van der Waals surface area contributed by atoms with Crippen molar-refractivity contribution >= 4 is 16.9 Å². The van der Waals surface area contributed by atoms with E-state index in [2.05, 4.69) is 10.1 Å². The highest BCUT2D eigenvalue weighted by atomic mass is 16.5. The first-order valence-corrected chi connectivity index (χ1v) is 13.4.